The number of rotatable bonds is 4. The average Bonchev–Trinajstić information content (AvgIpc) is 2.72. The van der Waals surface area contributed by atoms with Crippen molar-refractivity contribution in [2.75, 3.05) is 5.43 Å². The molecule has 0 fully saturated rings. The van der Waals surface area contributed by atoms with Gasteiger partial charge in [0.2, 0.25) is 5.91 Å². The third-order valence-corrected chi connectivity index (χ3v) is 2.96. The molecule has 6 nitrogen and oxygen atoms in total. The maximum absolute atomic E-state index is 13.4. The molecule has 1 amide bonds. The number of carbonyl (C=O) groups is 1. The summed E-state index contributed by atoms with van der Waals surface area (Å²) in [4.78, 5) is 11.8. The number of nitrogens with zero attached hydrogens (tertiary/aromatic N) is 3. The van der Waals surface area contributed by atoms with Gasteiger partial charge in [-0.25, -0.2) is 4.39 Å². The van der Waals surface area contributed by atoms with E-state index in [2.05, 4.69) is 16.0 Å². The minimum absolute atomic E-state index is 0.0988. The molecule has 1 heterocycles. The highest BCUT2D eigenvalue weighted by atomic mass is 19.1. The molecule has 7 heteroatoms. The van der Waals surface area contributed by atoms with Gasteiger partial charge in [-0.05, 0) is 18.6 Å². The zero-order chi connectivity index (χ0) is 15.4. The van der Waals surface area contributed by atoms with Crippen LogP contribution in [0.25, 0.3) is 0 Å². The van der Waals surface area contributed by atoms with E-state index in [0.29, 0.717) is 22.6 Å². The van der Waals surface area contributed by atoms with E-state index in [9.17, 15) is 9.18 Å². The number of hydrogen-bond acceptors (Lipinski definition) is 4. The van der Waals surface area contributed by atoms with Gasteiger partial charge in [0, 0.05) is 7.05 Å². The molecular formula is C14H14FN5O. The number of aryl methyl sites for hydroxylation is 2. The highest BCUT2D eigenvalue weighted by Crippen LogP contribution is 2.16. The van der Waals surface area contributed by atoms with Gasteiger partial charge in [0.05, 0.1) is 12.1 Å². The van der Waals surface area contributed by atoms with Gasteiger partial charge >= 0.3 is 0 Å². The third kappa shape index (κ3) is 3.17. The summed E-state index contributed by atoms with van der Waals surface area (Å²) in [6.07, 6.45) is -0.0988. The second-order valence-corrected chi connectivity index (χ2v) is 4.49. The molecule has 0 saturated carbocycles. The first-order chi connectivity index (χ1) is 10.0. The van der Waals surface area contributed by atoms with Crippen LogP contribution in [0.15, 0.2) is 24.3 Å². The lowest BCUT2D eigenvalue weighted by Gasteiger charge is -2.09. The number of nitriles is 1. The summed E-state index contributed by atoms with van der Waals surface area (Å²) in [5, 5.41) is 13.1. The van der Waals surface area contributed by atoms with Crippen molar-refractivity contribution < 1.29 is 9.18 Å². The zero-order valence-electron chi connectivity index (χ0n) is 11.6. The Balaban J connectivity index is 2.03. The molecule has 1 aromatic carbocycles. The molecule has 0 aliphatic heterocycles. The summed E-state index contributed by atoms with van der Waals surface area (Å²) in [7, 11) is 1.65. The van der Waals surface area contributed by atoms with Gasteiger partial charge in [-0.15, -0.1) is 0 Å². The van der Waals surface area contributed by atoms with E-state index in [1.807, 2.05) is 6.07 Å². The lowest BCUT2D eigenvalue weighted by molar-refractivity contribution is -0.120. The molecule has 0 bridgehead atoms. The Morgan fingerprint density at radius 1 is 1.48 bits per heavy atom. The van der Waals surface area contributed by atoms with Crippen LogP contribution in [0, 0.1) is 24.1 Å². The van der Waals surface area contributed by atoms with Gasteiger partial charge < -0.3 is 0 Å². The molecule has 0 aliphatic rings. The van der Waals surface area contributed by atoms with Gasteiger partial charge in [-0.3, -0.25) is 20.3 Å². The fourth-order valence-corrected chi connectivity index (χ4v) is 1.92. The Morgan fingerprint density at radius 3 is 2.86 bits per heavy atom. The molecule has 21 heavy (non-hydrogen) atoms. The van der Waals surface area contributed by atoms with Crippen molar-refractivity contribution in [1.82, 2.24) is 15.2 Å². The molecule has 2 aromatic rings. The second kappa shape index (κ2) is 6.05. The first kappa shape index (κ1) is 14.5. The maximum atomic E-state index is 13.4. The summed E-state index contributed by atoms with van der Waals surface area (Å²) >= 11 is 0. The van der Waals surface area contributed by atoms with Crippen molar-refractivity contribution in [3.8, 4) is 6.07 Å². The SMILES string of the molecule is Cc1nn(C)c(NNC(=O)Cc2ccccc2F)c1C#N. The monoisotopic (exact) mass is 287 g/mol. The Morgan fingerprint density at radius 2 is 2.19 bits per heavy atom. The minimum atomic E-state index is -0.429. The van der Waals surface area contributed by atoms with Gasteiger partial charge in [-0.2, -0.15) is 10.4 Å². The Bertz CT molecular complexity index is 717. The normalized spacial score (nSPS) is 10.0. The summed E-state index contributed by atoms with van der Waals surface area (Å²) in [5.41, 5.74) is 6.30. The largest absolute Gasteiger partial charge is 0.281 e. The van der Waals surface area contributed by atoms with Gasteiger partial charge in [-0.1, -0.05) is 18.2 Å². The molecule has 0 unspecified atom stereocenters. The Labute approximate surface area is 121 Å². The van der Waals surface area contributed by atoms with Crippen molar-refractivity contribution in [3.05, 3.63) is 46.9 Å². The number of nitrogens with one attached hydrogen (secondary N) is 2. The lowest BCUT2D eigenvalue weighted by atomic mass is 10.1. The number of halogens is 1. The molecule has 108 valence electrons. The predicted octanol–water partition coefficient (Wildman–Crippen LogP) is 1.43. The summed E-state index contributed by atoms with van der Waals surface area (Å²) in [6, 6.07) is 8.08. The first-order valence-corrected chi connectivity index (χ1v) is 6.25. The van der Waals surface area contributed by atoms with E-state index >= 15 is 0 Å². The highest BCUT2D eigenvalue weighted by Gasteiger charge is 2.14. The van der Waals surface area contributed by atoms with E-state index in [0.717, 1.165) is 0 Å². The number of hydrogen-bond donors (Lipinski definition) is 2. The smallest absolute Gasteiger partial charge is 0.242 e. The van der Waals surface area contributed by atoms with Crippen LogP contribution in [0.3, 0.4) is 0 Å². The van der Waals surface area contributed by atoms with Crippen molar-refractivity contribution >= 4 is 11.7 Å². The number of amides is 1. The van der Waals surface area contributed by atoms with Crippen molar-refractivity contribution in [1.29, 1.82) is 5.26 Å². The molecule has 1 aromatic heterocycles. The quantitative estimate of drug-likeness (QED) is 0.833. The number of hydrazine groups is 1. The van der Waals surface area contributed by atoms with Crippen molar-refractivity contribution in [3.63, 3.8) is 0 Å². The molecule has 0 radical (unpaired) electrons. The first-order valence-electron chi connectivity index (χ1n) is 6.25. The maximum Gasteiger partial charge on any atom is 0.242 e. The Kier molecular flexibility index (Phi) is 4.18. The summed E-state index contributed by atoms with van der Waals surface area (Å²) in [6.45, 7) is 1.70. The predicted molar refractivity (Wildman–Crippen MR) is 74.5 cm³/mol. The molecule has 0 aliphatic carbocycles. The van der Waals surface area contributed by atoms with Crippen LogP contribution in [-0.2, 0) is 18.3 Å². The summed E-state index contributed by atoms with van der Waals surface area (Å²) in [5.74, 6) is -0.457. The number of anilines is 1. The van der Waals surface area contributed by atoms with Crippen LogP contribution in [0.5, 0.6) is 0 Å². The molecule has 2 rings (SSSR count). The third-order valence-electron chi connectivity index (χ3n) is 2.96. The lowest BCUT2D eigenvalue weighted by Crippen LogP contribution is -2.32. The van der Waals surface area contributed by atoms with Crippen LogP contribution in [0.4, 0.5) is 10.2 Å². The van der Waals surface area contributed by atoms with E-state index in [1.165, 1.54) is 10.7 Å². The van der Waals surface area contributed by atoms with E-state index in [1.54, 1.807) is 32.2 Å². The standard InChI is InChI=1S/C14H14FN5O/c1-9-11(8-16)14(20(2)19-9)18-17-13(21)7-10-5-3-4-6-12(10)15/h3-6,18H,7H2,1-2H3,(H,17,21). The molecule has 0 spiro atoms. The van der Waals surface area contributed by atoms with E-state index in [-0.39, 0.29) is 6.42 Å². The minimum Gasteiger partial charge on any atom is -0.281 e. The average molecular weight is 287 g/mol. The van der Waals surface area contributed by atoms with Crippen LogP contribution in [-0.4, -0.2) is 15.7 Å². The second-order valence-electron chi connectivity index (χ2n) is 4.49. The summed E-state index contributed by atoms with van der Waals surface area (Å²) < 4.78 is 14.9. The molecule has 0 atom stereocenters. The topological polar surface area (TPSA) is 82.7 Å². The van der Waals surface area contributed by atoms with E-state index < -0.39 is 11.7 Å². The van der Waals surface area contributed by atoms with Crippen LogP contribution >= 0.6 is 0 Å². The van der Waals surface area contributed by atoms with Crippen LogP contribution < -0.4 is 10.9 Å². The molecule has 0 saturated heterocycles. The number of benzene rings is 1. The van der Waals surface area contributed by atoms with Crippen molar-refractivity contribution in [2.45, 2.75) is 13.3 Å². The molecule has 2 N–H and O–H groups in total. The van der Waals surface area contributed by atoms with E-state index in [4.69, 9.17) is 5.26 Å². The van der Waals surface area contributed by atoms with Gasteiger partial charge in [0.15, 0.2) is 5.82 Å². The number of carbonyl (C=O) groups excluding carboxylic acids is 1. The van der Waals surface area contributed by atoms with Crippen LogP contribution in [0.2, 0.25) is 0 Å². The number of aromatic nitrogens is 2. The fraction of sp³-hybridized carbons (Fsp3) is 0.214. The Hall–Kier alpha value is -2.88. The molecular weight excluding hydrogens is 273 g/mol. The van der Waals surface area contributed by atoms with Crippen molar-refractivity contribution in [2.24, 2.45) is 7.05 Å². The highest BCUT2D eigenvalue weighted by molar-refractivity contribution is 5.80. The fourth-order valence-electron chi connectivity index (χ4n) is 1.92. The van der Waals surface area contributed by atoms with Gasteiger partial charge in [0.25, 0.3) is 0 Å². The zero-order valence-corrected chi connectivity index (χ0v) is 11.6. The van der Waals surface area contributed by atoms with Crippen LogP contribution in [0.1, 0.15) is 16.8 Å². The van der Waals surface area contributed by atoms with Gasteiger partial charge in [0.1, 0.15) is 17.4 Å².